The molecule has 2 unspecified atom stereocenters. The summed E-state index contributed by atoms with van der Waals surface area (Å²) in [5.41, 5.74) is 2.05. The fraction of sp³-hybridized carbons (Fsp3) is 0.654. The highest BCUT2D eigenvalue weighted by atomic mass is 16.6. The molecule has 0 saturated heterocycles. The van der Waals surface area contributed by atoms with Gasteiger partial charge in [0.2, 0.25) is 0 Å². The van der Waals surface area contributed by atoms with E-state index in [9.17, 15) is 15.0 Å². The van der Waals surface area contributed by atoms with E-state index in [0.717, 1.165) is 36.8 Å². The van der Waals surface area contributed by atoms with Crippen LogP contribution in [-0.4, -0.2) is 45.4 Å². The molecule has 3 rings (SSSR count). The van der Waals surface area contributed by atoms with E-state index in [1.165, 1.54) is 0 Å². The fourth-order valence-corrected chi connectivity index (χ4v) is 4.95. The molecule has 1 fully saturated rings. The zero-order valence-corrected chi connectivity index (χ0v) is 19.3. The van der Waals surface area contributed by atoms with Gasteiger partial charge in [-0.2, -0.15) is 0 Å². The van der Waals surface area contributed by atoms with Gasteiger partial charge >= 0.3 is 5.97 Å². The number of hydrogen-bond acceptors (Lipinski definition) is 5. The Bertz CT molecular complexity index is 775. The van der Waals surface area contributed by atoms with E-state index in [1.54, 1.807) is 6.08 Å². The van der Waals surface area contributed by atoms with Crippen molar-refractivity contribution in [2.24, 2.45) is 11.8 Å². The van der Waals surface area contributed by atoms with Crippen molar-refractivity contribution < 1.29 is 29.6 Å². The molecular formula is C26H38O6. The lowest BCUT2D eigenvalue weighted by atomic mass is 9.88. The van der Waals surface area contributed by atoms with Crippen LogP contribution >= 0.6 is 0 Å². The normalized spacial score (nSPS) is 29.4. The molecule has 1 aliphatic carbocycles. The first-order chi connectivity index (χ1) is 15.3. The van der Waals surface area contributed by atoms with Crippen LogP contribution in [-0.2, 0) is 27.3 Å². The van der Waals surface area contributed by atoms with Gasteiger partial charge in [0.05, 0.1) is 24.9 Å². The topological polar surface area (TPSA) is 96.2 Å². The van der Waals surface area contributed by atoms with Crippen LogP contribution in [0.25, 0.3) is 0 Å². The lowest BCUT2D eigenvalue weighted by Crippen LogP contribution is -2.37. The van der Waals surface area contributed by atoms with Crippen molar-refractivity contribution in [2.45, 2.75) is 95.9 Å². The lowest BCUT2D eigenvalue weighted by Gasteiger charge is -2.30. The zero-order valence-electron chi connectivity index (χ0n) is 19.3. The summed E-state index contributed by atoms with van der Waals surface area (Å²) in [5.74, 6) is -1.98. The molecule has 32 heavy (non-hydrogen) atoms. The van der Waals surface area contributed by atoms with Crippen molar-refractivity contribution in [3.8, 4) is 0 Å². The van der Waals surface area contributed by atoms with E-state index in [4.69, 9.17) is 14.6 Å². The number of aliphatic hydroxyl groups excluding tert-OH is 1. The SMILES string of the molecule is CC(C)OCc1cccc(CC2(O)C=C[C@H]3[C@@H](O)CC(O2)[C@@H]3CCCCCCC(=O)O)c1. The van der Waals surface area contributed by atoms with E-state index < -0.39 is 17.9 Å². The van der Waals surface area contributed by atoms with Gasteiger partial charge in [-0.3, -0.25) is 4.79 Å². The summed E-state index contributed by atoms with van der Waals surface area (Å²) in [7, 11) is 0. The molecular weight excluding hydrogens is 408 g/mol. The Hall–Kier alpha value is -1.73. The van der Waals surface area contributed by atoms with Crippen molar-refractivity contribution in [3.05, 3.63) is 47.5 Å². The van der Waals surface area contributed by atoms with Crippen LogP contribution in [0.15, 0.2) is 36.4 Å². The number of carbonyl (C=O) groups is 1. The number of aliphatic carboxylic acids is 1. The third kappa shape index (κ3) is 7.14. The highest BCUT2D eigenvalue weighted by Gasteiger charge is 2.47. The number of carboxylic acids is 1. The van der Waals surface area contributed by atoms with Gasteiger partial charge in [-0.25, -0.2) is 0 Å². The summed E-state index contributed by atoms with van der Waals surface area (Å²) in [6.45, 7) is 4.55. The Morgan fingerprint density at radius 3 is 2.72 bits per heavy atom. The van der Waals surface area contributed by atoms with Gasteiger partial charge < -0.3 is 24.8 Å². The average Bonchev–Trinajstić information content (AvgIpc) is 2.92. The van der Waals surface area contributed by atoms with Crippen molar-refractivity contribution in [2.75, 3.05) is 0 Å². The van der Waals surface area contributed by atoms with Gasteiger partial charge in [0, 0.05) is 25.2 Å². The molecule has 5 atom stereocenters. The second-order valence-corrected chi connectivity index (χ2v) is 9.61. The number of carboxylic acid groups (broad SMARTS) is 1. The van der Waals surface area contributed by atoms with Crippen LogP contribution in [0.3, 0.4) is 0 Å². The van der Waals surface area contributed by atoms with Gasteiger partial charge in [0.1, 0.15) is 0 Å². The molecule has 1 aromatic carbocycles. The zero-order chi connectivity index (χ0) is 23.1. The van der Waals surface area contributed by atoms with Crippen LogP contribution in [0.4, 0.5) is 0 Å². The van der Waals surface area contributed by atoms with Gasteiger partial charge in [-0.1, -0.05) is 49.6 Å². The number of rotatable bonds is 12. The Kier molecular flexibility index (Phi) is 8.88. The summed E-state index contributed by atoms with van der Waals surface area (Å²) in [4.78, 5) is 10.6. The molecule has 1 heterocycles. The molecule has 6 nitrogen and oxygen atoms in total. The maximum Gasteiger partial charge on any atom is 0.303 e. The number of ether oxygens (including phenoxy) is 2. The first-order valence-electron chi connectivity index (χ1n) is 11.9. The van der Waals surface area contributed by atoms with Crippen LogP contribution in [0.5, 0.6) is 0 Å². The molecule has 2 bridgehead atoms. The predicted octanol–water partition coefficient (Wildman–Crippen LogP) is 4.22. The van der Waals surface area contributed by atoms with Crippen LogP contribution in [0, 0.1) is 11.8 Å². The van der Waals surface area contributed by atoms with Gasteiger partial charge in [-0.05, 0) is 49.8 Å². The Labute approximate surface area is 191 Å². The molecule has 1 aromatic rings. The Morgan fingerprint density at radius 1 is 1.22 bits per heavy atom. The first kappa shape index (κ1) is 24.9. The quantitative estimate of drug-likeness (QED) is 0.329. The fourth-order valence-electron chi connectivity index (χ4n) is 4.95. The molecule has 6 heteroatoms. The Morgan fingerprint density at radius 2 is 1.97 bits per heavy atom. The van der Waals surface area contributed by atoms with E-state index in [1.807, 2.05) is 44.2 Å². The molecule has 1 saturated carbocycles. The van der Waals surface area contributed by atoms with Crippen molar-refractivity contribution >= 4 is 5.97 Å². The number of benzene rings is 1. The molecule has 1 aliphatic heterocycles. The number of fused-ring (bicyclic) bond motifs is 2. The van der Waals surface area contributed by atoms with Crippen molar-refractivity contribution in [3.63, 3.8) is 0 Å². The monoisotopic (exact) mass is 446 g/mol. The van der Waals surface area contributed by atoms with Crippen molar-refractivity contribution in [1.29, 1.82) is 0 Å². The predicted molar refractivity (Wildman–Crippen MR) is 122 cm³/mol. The molecule has 0 radical (unpaired) electrons. The molecule has 0 spiro atoms. The maximum absolute atomic E-state index is 11.3. The number of hydrogen-bond donors (Lipinski definition) is 3. The Balaban J connectivity index is 1.58. The van der Waals surface area contributed by atoms with Crippen LogP contribution < -0.4 is 0 Å². The van der Waals surface area contributed by atoms with E-state index in [2.05, 4.69) is 0 Å². The van der Waals surface area contributed by atoms with Crippen LogP contribution in [0.1, 0.15) is 69.9 Å². The van der Waals surface area contributed by atoms with Gasteiger partial charge in [-0.15, -0.1) is 0 Å². The minimum Gasteiger partial charge on any atom is -0.481 e. The number of aliphatic hydroxyl groups is 2. The van der Waals surface area contributed by atoms with Gasteiger partial charge in [0.15, 0.2) is 5.79 Å². The third-order valence-electron chi connectivity index (χ3n) is 6.53. The minimum atomic E-state index is -1.39. The second-order valence-electron chi connectivity index (χ2n) is 9.61. The minimum absolute atomic E-state index is 0.0150. The standard InChI is InChI=1S/C26H38O6/c1-18(2)31-17-20-9-7-8-19(14-20)16-26(30)13-12-21-22(24(32-26)15-23(21)27)10-5-3-4-6-11-25(28)29/h7-9,12-14,18,21-24,27,30H,3-6,10-11,15-17H2,1-2H3,(H,28,29)/t21-,22-,23+,24?,26?/m1/s1. The lowest BCUT2D eigenvalue weighted by molar-refractivity contribution is -0.202. The molecule has 0 amide bonds. The smallest absolute Gasteiger partial charge is 0.303 e. The summed E-state index contributed by atoms with van der Waals surface area (Å²) in [6.07, 6.45) is 8.72. The summed E-state index contributed by atoms with van der Waals surface area (Å²) < 4.78 is 11.9. The largest absolute Gasteiger partial charge is 0.481 e. The maximum atomic E-state index is 11.3. The van der Waals surface area contributed by atoms with E-state index in [0.29, 0.717) is 25.9 Å². The summed E-state index contributed by atoms with van der Waals surface area (Å²) in [5, 5.41) is 30.5. The first-order valence-corrected chi connectivity index (χ1v) is 11.9. The van der Waals surface area contributed by atoms with Crippen molar-refractivity contribution in [1.82, 2.24) is 0 Å². The van der Waals surface area contributed by atoms with E-state index >= 15 is 0 Å². The molecule has 2 aliphatic rings. The second kappa shape index (κ2) is 11.4. The summed E-state index contributed by atoms with van der Waals surface area (Å²) in [6, 6.07) is 8.02. The van der Waals surface area contributed by atoms with Crippen LogP contribution in [0.2, 0.25) is 0 Å². The summed E-state index contributed by atoms with van der Waals surface area (Å²) >= 11 is 0. The molecule has 3 N–H and O–H groups in total. The van der Waals surface area contributed by atoms with E-state index in [-0.39, 0.29) is 30.5 Å². The average molecular weight is 447 g/mol. The molecule has 178 valence electrons. The van der Waals surface area contributed by atoms with Gasteiger partial charge in [0.25, 0.3) is 0 Å². The molecule has 0 aromatic heterocycles. The third-order valence-corrected chi connectivity index (χ3v) is 6.53. The highest BCUT2D eigenvalue weighted by Crippen LogP contribution is 2.43. The highest BCUT2D eigenvalue weighted by molar-refractivity contribution is 5.66. The number of unbranched alkanes of at least 4 members (excludes halogenated alkanes) is 3.